The Balaban J connectivity index is 2.08. The van der Waals surface area contributed by atoms with Crippen LogP contribution in [-0.2, 0) is 20.7 Å². The molecule has 0 saturated heterocycles. The molecule has 3 aromatic carbocycles. The van der Waals surface area contributed by atoms with Crippen LogP contribution < -0.4 is 10.6 Å². The first-order valence-electron chi connectivity index (χ1n) is 16.1. The van der Waals surface area contributed by atoms with Gasteiger partial charge in [0, 0.05) is 18.5 Å². The zero-order valence-corrected chi connectivity index (χ0v) is 28.4. The average Bonchev–Trinajstić information content (AvgIpc) is 3.00. The van der Waals surface area contributed by atoms with Crippen LogP contribution in [-0.4, -0.2) is 46.1 Å². The van der Waals surface area contributed by atoms with Crippen LogP contribution in [0.25, 0.3) is 0 Å². The summed E-state index contributed by atoms with van der Waals surface area (Å²) in [5, 5.41) is 17.1. The van der Waals surface area contributed by atoms with Crippen molar-refractivity contribution in [3.05, 3.63) is 94.5 Å². The smallest absolute Gasteiger partial charge is 0.408 e. The zero-order valence-electron chi connectivity index (χ0n) is 27.6. The molecule has 8 nitrogen and oxygen atoms in total. The van der Waals surface area contributed by atoms with Gasteiger partial charge in [0.05, 0.1) is 10.7 Å². The molecule has 3 N–H and O–H groups in total. The molecule has 248 valence electrons. The van der Waals surface area contributed by atoms with Crippen LogP contribution in [0.2, 0.25) is 5.02 Å². The zero-order chi connectivity index (χ0) is 33.7. The molecule has 2 atom stereocenters. The molecule has 46 heavy (non-hydrogen) atoms. The second-order valence-electron chi connectivity index (χ2n) is 12.6. The molecule has 3 aromatic rings. The third kappa shape index (κ3) is 11.1. The van der Waals surface area contributed by atoms with Crippen LogP contribution in [0, 0.1) is 6.92 Å². The van der Waals surface area contributed by atoms with Crippen LogP contribution >= 0.6 is 11.6 Å². The highest BCUT2D eigenvalue weighted by Crippen LogP contribution is 2.33. The largest absolute Gasteiger partial charge is 0.508 e. The molecule has 0 aliphatic heterocycles. The Morgan fingerprint density at radius 2 is 1.54 bits per heavy atom. The van der Waals surface area contributed by atoms with E-state index in [1.165, 1.54) is 11.0 Å². The van der Waals surface area contributed by atoms with Crippen LogP contribution in [0.15, 0.2) is 72.8 Å². The van der Waals surface area contributed by atoms with E-state index in [0.29, 0.717) is 17.1 Å². The van der Waals surface area contributed by atoms with Gasteiger partial charge in [-0.2, -0.15) is 0 Å². The summed E-state index contributed by atoms with van der Waals surface area (Å²) in [6.45, 7) is 9.46. The van der Waals surface area contributed by atoms with E-state index in [1.807, 2.05) is 43.3 Å². The highest BCUT2D eigenvalue weighted by Gasteiger charge is 2.37. The molecular weight excluding hydrogens is 602 g/mol. The lowest BCUT2D eigenvalue weighted by Crippen LogP contribution is -2.53. The number of carbonyl (C=O) groups excluding carboxylic acids is 3. The summed E-state index contributed by atoms with van der Waals surface area (Å²) in [5.74, 6) is -1.13. The van der Waals surface area contributed by atoms with Crippen molar-refractivity contribution in [2.24, 2.45) is 0 Å². The summed E-state index contributed by atoms with van der Waals surface area (Å²) < 4.78 is 5.53. The van der Waals surface area contributed by atoms with Gasteiger partial charge in [-0.05, 0) is 57.4 Å². The summed E-state index contributed by atoms with van der Waals surface area (Å²) in [5.41, 5.74) is 1.48. The van der Waals surface area contributed by atoms with Gasteiger partial charge in [0.15, 0.2) is 0 Å². The molecule has 0 spiro atoms. The topological polar surface area (TPSA) is 108 Å². The minimum Gasteiger partial charge on any atom is -0.508 e. The number of para-hydroxylation sites is 2. The minimum absolute atomic E-state index is 0.126. The Labute approximate surface area is 278 Å². The van der Waals surface area contributed by atoms with Crippen molar-refractivity contribution in [1.82, 2.24) is 10.2 Å². The number of rotatable bonds is 15. The number of anilines is 1. The van der Waals surface area contributed by atoms with Crippen molar-refractivity contribution in [3.63, 3.8) is 0 Å². The van der Waals surface area contributed by atoms with E-state index in [0.717, 1.165) is 43.2 Å². The number of benzene rings is 3. The molecule has 0 bridgehead atoms. The summed E-state index contributed by atoms with van der Waals surface area (Å²) in [4.78, 5) is 43.5. The van der Waals surface area contributed by atoms with Crippen molar-refractivity contribution in [1.29, 1.82) is 0 Å². The highest BCUT2D eigenvalue weighted by atomic mass is 35.5. The fourth-order valence-corrected chi connectivity index (χ4v) is 5.55. The number of nitrogens with one attached hydrogen (secondary N) is 2. The first-order valence-corrected chi connectivity index (χ1v) is 16.5. The van der Waals surface area contributed by atoms with Crippen LogP contribution in [0.1, 0.15) is 89.0 Å². The van der Waals surface area contributed by atoms with Crippen molar-refractivity contribution >= 4 is 35.2 Å². The molecule has 0 aliphatic carbocycles. The van der Waals surface area contributed by atoms with Gasteiger partial charge in [-0.3, -0.25) is 9.59 Å². The summed E-state index contributed by atoms with van der Waals surface area (Å²) in [6.07, 6.45) is 5.22. The number of phenolic OH excluding ortho intramolecular Hbond substituents is 1. The van der Waals surface area contributed by atoms with Gasteiger partial charge in [0.1, 0.15) is 23.4 Å². The molecule has 0 aliphatic rings. The van der Waals surface area contributed by atoms with Crippen molar-refractivity contribution in [3.8, 4) is 5.75 Å². The monoisotopic (exact) mass is 649 g/mol. The Morgan fingerprint density at radius 1 is 0.891 bits per heavy atom. The second kappa shape index (κ2) is 17.6. The van der Waals surface area contributed by atoms with Crippen LogP contribution in [0.3, 0.4) is 0 Å². The van der Waals surface area contributed by atoms with E-state index in [4.69, 9.17) is 16.3 Å². The lowest BCUT2D eigenvalue weighted by molar-refractivity contribution is -0.141. The Kier molecular flexibility index (Phi) is 13.9. The fraction of sp³-hybridized carbons (Fsp3) is 0.432. The third-order valence-corrected chi connectivity index (χ3v) is 7.88. The molecule has 0 fully saturated rings. The van der Waals surface area contributed by atoms with Crippen molar-refractivity contribution < 1.29 is 24.2 Å². The second-order valence-corrected chi connectivity index (χ2v) is 13.0. The van der Waals surface area contributed by atoms with E-state index in [9.17, 15) is 19.5 Å². The normalized spacial score (nSPS) is 12.6. The van der Waals surface area contributed by atoms with E-state index >= 15 is 0 Å². The van der Waals surface area contributed by atoms with E-state index in [2.05, 4.69) is 17.6 Å². The van der Waals surface area contributed by atoms with Gasteiger partial charge in [-0.15, -0.1) is 0 Å². The number of carbonyl (C=O) groups is 3. The molecule has 3 amide bonds. The SMILES string of the molecule is CCCCCCCCN(C(=O)C(Cc1ccccc1)NC(=O)OC(C)(C)C)C(C(=O)Nc1c(C)cccc1Cl)c1ccccc1O. The molecule has 2 unspecified atom stereocenters. The number of hydrogen-bond donors (Lipinski definition) is 3. The van der Waals surface area contributed by atoms with E-state index < -0.39 is 35.6 Å². The number of ether oxygens (including phenoxy) is 1. The maximum Gasteiger partial charge on any atom is 0.408 e. The molecule has 0 heterocycles. The predicted octanol–water partition coefficient (Wildman–Crippen LogP) is 8.36. The van der Waals surface area contributed by atoms with Gasteiger partial charge in [0.25, 0.3) is 5.91 Å². The van der Waals surface area contributed by atoms with E-state index in [1.54, 1.807) is 51.1 Å². The maximum absolute atomic E-state index is 14.7. The van der Waals surface area contributed by atoms with Gasteiger partial charge in [-0.1, -0.05) is 111 Å². The maximum atomic E-state index is 14.7. The predicted molar refractivity (Wildman–Crippen MR) is 184 cm³/mol. The Bertz CT molecular complexity index is 1420. The molecule has 0 aromatic heterocycles. The van der Waals surface area contributed by atoms with Gasteiger partial charge < -0.3 is 25.4 Å². The lowest BCUT2D eigenvalue weighted by Gasteiger charge is -2.35. The minimum atomic E-state index is -1.22. The number of aryl methyl sites for hydroxylation is 1. The van der Waals surface area contributed by atoms with Gasteiger partial charge >= 0.3 is 6.09 Å². The van der Waals surface area contributed by atoms with Gasteiger partial charge in [-0.25, -0.2) is 4.79 Å². The number of hydrogen-bond acceptors (Lipinski definition) is 5. The highest BCUT2D eigenvalue weighted by molar-refractivity contribution is 6.34. The standard InChI is InChI=1S/C37H48ClN3O5/c1-6-7-8-9-10-16-24-41(35(44)30(25-27-19-12-11-13-20-27)39-36(45)46-37(3,4)5)33(28-21-14-15-23-31(28)42)34(43)40-32-26(2)18-17-22-29(32)38/h11-15,17-23,30,33,42H,6-10,16,24-25H2,1-5H3,(H,39,45)(H,40,43). The number of unbranched alkanes of at least 4 members (excludes halogenated alkanes) is 5. The molecule has 0 radical (unpaired) electrons. The van der Waals surface area contributed by atoms with Crippen molar-refractivity contribution in [2.75, 3.05) is 11.9 Å². The first-order chi connectivity index (χ1) is 21.9. The summed E-state index contributed by atoms with van der Waals surface area (Å²) in [7, 11) is 0. The lowest BCUT2D eigenvalue weighted by atomic mass is 9.98. The number of aromatic hydroxyl groups is 1. The molecule has 0 saturated carbocycles. The quantitative estimate of drug-likeness (QED) is 0.143. The Hall–Kier alpha value is -4.04. The molecule has 9 heteroatoms. The third-order valence-electron chi connectivity index (χ3n) is 7.57. The van der Waals surface area contributed by atoms with E-state index in [-0.39, 0.29) is 24.3 Å². The fourth-order valence-electron chi connectivity index (χ4n) is 5.28. The molecule has 3 rings (SSSR count). The van der Waals surface area contributed by atoms with Crippen molar-refractivity contribution in [2.45, 2.75) is 97.2 Å². The number of nitrogens with zero attached hydrogens (tertiary/aromatic N) is 1. The summed E-state index contributed by atoms with van der Waals surface area (Å²) in [6, 6.07) is 18.9. The number of phenols is 1. The number of halogens is 1. The van der Waals surface area contributed by atoms with Crippen LogP contribution in [0.5, 0.6) is 5.75 Å². The Morgan fingerprint density at radius 3 is 2.20 bits per heavy atom. The number of amides is 3. The average molecular weight is 650 g/mol. The molecular formula is C37H48ClN3O5. The van der Waals surface area contributed by atoms with Crippen LogP contribution in [0.4, 0.5) is 10.5 Å². The first kappa shape index (κ1) is 36.4. The summed E-state index contributed by atoms with van der Waals surface area (Å²) >= 11 is 6.49. The van der Waals surface area contributed by atoms with Gasteiger partial charge in [0.2, 0.25) is 5.91 Å². The number of alkyl carbamates (subject to hydrolysis) is 1.